The number of thioether (sulfide) groups is 1. The maximum Gasteiger partial charge on any atom is 0.124 e. The van der Waals surface area contributed by atoms with Crippen molar-refractivity contribution in [3.05, 3.63) is 40.4 Å². The van der Waals surface area contributed by atoms with Gasteiger partial charge in [0.25, 0.3) is 0 Å². The molecular weight excluding hydrogens is 280 g/mol. The molecule has 1 aromatic carbocycles. The van der Waals surface area contributed by atoms with Crippen molar-refractivity contribution in [1.29, 1.82) is 0 Å². The summed E-state index contributed by atoms with van der Waals surface area (Å²) in [5.41, 5.74) is 0.760. The second-order valence-corrected chi connectivity index (χ2v) is 5.03. The number of halogens is 1. The molecule has 0 saturated carbocycles. The zero-order valence-electron chi connectivity index (χ0n) is 7.53. The molecule has 0 atom stereocenters. The lowest BCUT2D eigenvalue weighted by Gasteiger charge is -2.00. The summed E-state index contributed by atoms with van der Waals surface area (Å²) in [5.74, 6) is 0.200. The number of benzene rings is 1. The van der Waals surface area contributed by atoms with Gasteiger partial charge in [-0.2, -0.15) is 0 Å². The third-order valence-corrected chi connectivity index (χ3v) is 3.21. The normalized spacial score (nSPS) is 11.4. The number of hydrogen-bond donors (Lipinski definition) is 1. The molecule has 0 aliphatic rings. The minimum absolute atomic E-state index is 0.200. The largest absolute Gasteiger partial charge is 0.507 e. The quantitative estimate of drug-likeness (QED) is 0.504. The van der Waals surface area contributed by atoms with E-state index in [0.717, 1.165) is 10.0 Å². The molecule has 1 nitrogen and oxygen atoms in total. The smallest absolute Gasteiger partial charge is 0.124 e. The lowest BCUT2D eigenvalue weighted by atomic mass is 10.2. The molecule has 1 rings (SSSR count). The Labute approximate surface area is 101 Å². The van der Waals surface area contributed by atoms with Gasteiger partial charge in [0.2, 0.25) is 0 Å². The minimum Gasteiger partial charge on any atom is -0.507 e. The molecule has 1 aromatic rings. The summed E-state index contributed by atoms with van der Waals surface area (Å²) in [6.45, 7) is 0. The van der Waals surface area contributed by atoms with E-state index in [2.05, 4.69) is 15.9 Å². The molecule has 4 heteroatoms. The van der Waals surface area contributed by atoms with E-state index in [9.17, 15) is 5.11 Å². The van der Waals surface area contributed by atoms with Crippen LogP contribution in [-0.2, 0) is 0 Å². The number of aliphatic hydroxyl groups excluding tert-OH is 1. The number of thiocarbonyl (C=S) groups is 1. The van der Waals surface area contributed by atoms with Gasteiger partial charge in [-0.05, 0) is 18.4 Å². The zero-order chi connectivity index (χ0) is 10.6. The van der Waals surface area contributed by atoms with Crippen LogP contribution in [0.5, 0.6) is 0 Å². The molecule has 0 fully saturated rings. The van der Waals surface area contributed by atoms with Crippen LogP contribution in [0.1, 0.15) is 5.56 Å². The molecule has 0 spiro atoms. The molecule has 0 unspecified atom stereocenters. The van der Waals surface area contributed by atoms with Gasteiger partial charge in [-0.3, -0.25) is 0 Å². The van der Waals surface area contributed by atoms with Gasteiger partial charge in [0, 0.05) is 16.1 Å². The van der Waals surface area contributed by atoms with Crippen molar-refractivity contribution in [1.82, 2.24) is 0 Å². The predicted octanol–water partition coefficient (Wildman–Crippen LogP) is 4.04. The van der Waals surface area contributed by atoms with Crippen LogP contribution in [0.25, 0.3) is 5.76 Å². The highest BCUT2D eigenvalue weighted by molar-refractivity contribution is 9.10. The SMILES string of the molecule is CSC(=S)C=C(O)c1cccc(Br)c1. The molecular formula is C10H9BrOS2. The Morgan fingerprint density at radius 1 is 1.57 bits per heavy atom. The number of hydrogen-bond acceptors (Lipinski definition) is 3. The van der Waals surface area contributed by atoms with Crippen LogP contribution in [0.2, 0.25) is 0 Å². The summed E-state index contributed by atoms with van der Waals surface area (Å²) >= 11 is 9.75. The van der Waals surface area contributed by atoms with E-state index in [1.807, 2.05) is 30.5 Å². The van der Waals surface area contributed by atoms with Gasteiger partial charge in [-0.25, -0.2) is 0 Å². The van der Waals surface area contributed by atoms with Gasteiger partial charge >= 0.3 is 0 Å². The molecule has 0 saturated heterocycles. The zero-order valence-corrected chi connectivity index (χ0v) is 10.7. The first-order valence-corrected chi connectivity index (χ1v) is 6.30. The first kappa shape index (κ1) is 11.8. The van der Waals surface area contributed by atoms with Crippen molar-refractivity contribution in [3.63, 3.8) is 0 Å². The third kappa shape index (κ3) is 3.44. The number of aliphatic hydroxyl groups is 1. The van der Waals surface area contributed by atoms with E-state index >= 15 is 0 Å². The average Bonchev–Trinajstić information content (AvgIpc) is 2.17. The first-order valence-electron chi connectivity index (χ1n) is 3.88. The van der Waals surface area contributed by atoms with Crippen LogP contribution in [-0.4, -0.2) is 15.6 Å². The van der Waals surface area contributed by atoms with Crippen molar-refractivity contribution in [2.24, 2.45) is 0 Å². The summed E-state index contributed by atoms with van der Waals surface area (Å²) in [7, 11) is 0. The predicted molar refractivity (Wildman–Crippen MR) is 70.9 cm³/mol. The Balaban J connectivity index is 2.94. The Hall–Kier alpha value is -0.320. The fourth-order valence-electron chi connectivity index (χ4n) is 0.902. The van der Waals surface area contributed by atoms with Gasteiger partial charge in [0.15, 0.2) is 0 Å². The molecule has 0 aliphatic carbocycles. The van der Waals surface area contributed by atoms with E-state index in [1.165, 1.54) is 11.8 Å². The lowest BCUT2D eigenvalue weighted by molar-refractivity contribution is 0.512. The summed E-state index contributed by atoms with van der Waals surface area (Å²) < 4.78 is 1.60. The minimum atomic E-state index is 0.200. The Kier molecular flexibility index (Phi) is 4.65. The highest BCUT2D eigenvalue weighted by Crippen LogP contribution is 2.18. The van der Waals surface area contributed by atoms with E-state index in [0.29, 0.717) is 4.20 Å². The summed E-state index contributed by atoms with van der Waals surface area (Å²) in [6.07, 6.45) is 3.47. The van der Waals surface area contributed by atoms with Crippen molar-refractivity contribution in [2.75, 3.05) is 6.26 Å². The van der Waals surface area contributed by atoms with Crippen LogP contribution in [0.4, 0.5) is 0 Å². The van der Waals surface area contributed by atoms with Gasteiger partial charge in [0.05, 0.1) is 4.20 Å². The van der Waals surface area contributed by atoms with E-state index in [1.54, 1.807) is 6.08 Å². The summed E-state index contributed by atoms with van der Waals surface area (Å²) in [4.78, 5) is 0. The van der Waals surface area contributed by atoms with Gasteiger partial charge < -0.3 is 5.11 Å². The molecule has 0 heterocycles. The molecule has 0 aliphatic heterocycles. The van der Waals surface area contributed by atoms with Crippen molar-refractivity contribution in [2.45, 2.75) is 0 Å². The maximum atomic E-state index is 9.69. The van der Waals surface area contributed by atoms with Crippen LogP contribution >= 0.6 is 39.9 Å². The van der Waals surface area contributed by atoms with Crippen LogP contribution in [0, 0.1) is 0 Å². The van der Waals surface area contributed by atoms with Crippen molar-refractivity contribution < 1.29 is 5.11 Å². The Bertz CT molecular complexity index is 374. The third-order valence-electron chi connectivity index (χ3n) is 1.58. The number of rotatable bonds is 2. The van der Waals surface area contributed by atoms with Gasteiger partial charge in [-0.15, -0.1) is 11.8 Å². The van der Waals surface area contributed by atoms with Crippen LogP contribution < -0.4 is 0 Å². The Morgan fingerprint density at radius 2 is 2.29 bits per heavy atom. The van der Waals surface area contributed by atoms with Crippen LogP contribution in [0.15, 0.2) is 34.8 Å². The van der Waals surface area contributed by atoms with Gasteiger partial charge in [-0.1, -0.05) is 40.3 Å². The van der Waals surface area contributed by atoms with Crippen LogP contribution in [0.3, 0.4) is 0 Å². The molecule has 0 aromatic heterocycles. The molecule has 0 amide bonds. The average molecular weight is 289 g/mol. The van der Waals surface area contributed by atoms with E-state index in [4.69, 9.17) is 12.2 Å². The second kappa shape index (κ2) is 5.53. The maximum absolute atomic E-state index is 9.69. The van der Waals surface area contributed by atoms with E-state index in [-0.39, 0.29) is 5.76 Å². The standard InChI is InChI=1S/C10H9BrOS2/c1-14-10(13)6-9(12)7-3-2-4-8(11)5-7/h2-6,12H,1H3. The molecule has 0 bridgehead atoms. The molecule has 14 heavy (non-hydrogen) atoms. The lowest BCUT2D eigenvalue weighted by Crippen LogP contribution is -1.86. The van der Waals surface area contributed by atoms with Gasteiger partial charge in [0.1, 0.15) is 5.76 Å². The molecule has 1 N–H and O–H groups in total. The van der Waals surface area contributed by atoms with Crippen molar-refractivity contribution >= 4 is 49.9 Å². The second-order valence-electron chi connectivity index (χ2n) is 2.56. The fourth-order valence-corrected chi connectivity index (χ4v) is 1.64. The molecule has 0 radical (unpaired) electrons. The highest BCUT2D eigenvalue weighted by atomic mass is 79.9. The van der Waals surface area contributed by atoms with E-state index < -0.39 is 0 Å². The highest BCUT2D eigenvalue weighted by Gasteiger charge is 2.00. The topological polar surface area (TPSA) is 20.2 Å². The Morgan fingerprint density at radius 3 is 2.86 bits per heavy atom. The molecule has 74 valence electrons. The fraction of sp³-hybridized carbons (Fsp3) is 0.100. The summed E-state index contributed by atoms with van der Waals surface area (Å²) in [6, 6.07) is 7.45. The van der Waals surface area contributed by atoms with Crippen molar-refractivity contribution in [3.8, 4) is 0 Å². The first-order chi connectivity index (χ1) is 6.63. The monoisotopic (exact) mass is 288 g/mol. The summed E-state index contributed by atoms with van der Waals surface area (Å²) in [5, 5.41) is 9.69.